The molecule has 0 aliphatic carbocycles. The molecule has 0 radical (unpaired) electrons. The third-order valence-electron chi connectivity index (χ3n) is 8.68. The minimum Gasteiger partial charge on any atom is -0.394 e. The molecular weight excluding hydrogens is 483 g/mol. The third kappa shape index (κ3) is 4.85. The maximum absolute atomic E-state index is 14.4. The van der Waals surface area contributed by atoms with Gasteiger partial charge in [0.15, 0.2) is 0 Å². The van der Waals surface area contributed by atoms with Crippen LogP contribution in [0.5, 0.6) is 0 Å². The van der Waals surface area contributed by atoms with Crippen LogP contribution in [0.1, 0.15) is 47.2 Å². The maximum atomic E-state index is 14.4. The van der Waals surface area contributed by atoms with Gasteiger partial charge in [-0.25, -0.2) is 4.39 Å². The van der Waals surface area contributed by atoms with Gasteiger partial charge in [-0.3, -0.25) is 9.78 Å². The molecule has 0 spiro atoms. The Hall–Kier alpha value is -2.81. The third-order valence-corrected chi connectivity index (χ3v) is 8.68. The van der Waals surface area contributed by atoms with Gasteiger partial charge in [-0.1, -0.05) is 0 Å². The highest BCUT2D eigenvalue weighted by Crippen LogP contribution is 2.33. The van der Waals surface area contributed by atoms with Crippen LogP contribution in [0.4, 0.5) is 4.39 Å². The summed E-state index contributed by atoms with van der Waals surface area (Å²) in [6.07, 6.45) is 10.7. The van der Waals surface area contributed by atoms with E-state index in [1.807, 2.05) is 17.0 Å². The number of halogens is 1. The summed E-state index contributed by atoms with van der Waals surface area (Å²) in [5.74, 6) is 0.658. The number of aromatic nitrogens is 2. The number of nitrogens with zero attached hydrogens (tertiary/aromatic N) is 4. The van der Waals surface area contributed by atoms with Gasteiger partial charge in [-0.05, 0) is 80.2 Å². The lowest BCUT2D eigenvalue weighted by Gasteiger charge is -2.42. The molecular formula is C30H37FN4O3. The van der Waals surface area contributed by atoms with Crippen LogP contribution >= 0.6 is 0 Å². The molecule has 3 saturated heterocycles. The Morgan fingerprint density at radius 2 is 1.97 bits per heavy atom. The standard InChI is InChI=1S/C30H37FN4O3/c1-20-13-32-14-28-29(20)23(11-22-16-33(17-22)15-21-6-9-38-10-7-21)18-35(28)27-5-4-24(31)12-26(27)30(37)34-8-2-3-25(34)19-36/h4-5,12-14,18,21-22,25,36H,2-3,6-11,15-17,19H2,1H3. The van der Waals surface area contributed by atoms with Gasteiger partial charge in [-0.15, -0.1) is 0 Å². The lowest BCUT2D eigenvalue weighted by Crippen LogP contribution is -2.49. The number of aliphatic hydroxyl groups excluding tert-OH is 1. The first-order chi connectivity index (χ1) is 18.5. The topological polar surface area (TPSA) is 70.8 Å². The first kappa shape index (κ1) is 25.5. The zero-order valence-electron chi connectivity index (χ0n) is 22.1. The molecule has 1 N–H and O–H groups in total. The van der Waals surface area contributed by atoms with E-state index < -0.39 is 5.82 Å². The normalized spacial score (nSPS) is 21.3. The molecule has 0 bridgehead atoms. The molecule has 38 heavy (non-hydrogen) atoms. The van der Waals surface area contributed by atoms with Crippen LogP contribution in [0.3, 0.4) is 0 Å². The monoisotopic (exact) mass is 520 g/mol. The van der Waals surface area contributed by atoms with Gasteiger partial charge in [-0.2, -0.15) is 0 Å². The average molecular weight is 521 g/mol. The number of likely N-dealkylation sites (tertiary alicyclic amines) is 2. The molecule has 8 heteroatoms. The number of carbonyl (C=O) groups is 1. The number of aliphatic hydroxyl groups is 1. The molecule has 1 aromatic carbocycles. The molecule has 1 unspecified atom stereocenters. The predicted octanol–water partition coefficient (Wildman–Crippen LogP) is 3.97. The Morgan fingerprint density at radius 1 is 1.16 bits per heavy atom. The second-order valence-corrected chi connectivity index (χ2v) is 11.4. The summed E-state index contributed by atoms with van der Waals surface area (Å²) < 4.78 is 22.0. The van der Waals surface area contributed by atoms with E-state index in [1.54, 1.807) is 11.0 Å². The summed E-state index contributed by atoms with van der Waals surface area (Å²) in [5, 5.41) is 10.9. The number of aryl methyl sites for hydroxylation is 1. The quantitative estimate of drug-likeness (QED) is 0.511. The van der Waals surface area contributed by atoms with Gasteiger partial charge in [0.2, 0.25) is 0 Å². The Kier molecular flexibility index (Phi) is 7.20. The molecule has 0 saturated carbocycles. The SMILES string of the molecule is Cc1cncc2c1c(CC1CN(CC3CCOCC3)C1)cn2-c1ccc(F)cc1C(=O)N1CCCC1CO. The van der Waals surface area contributed by atoms with Gasteiger partial charge in [0.05, 0.1) is 35.6 Å². The summed E-state index contributed by atoms with van der Waals surface area (Å²) in [7, 11) is 0. The lowest BCUT2D eigenvalue weighted by atomic mass is 9.89. The van der Waals surface area contributed by atoms with Crippen molar-refractivity contribution in [3.05, 3.63) is 59.3 Å². The van der Waals surface area contributed by atoms with E-state index in [0.717, 1.165) is 82.0 Å². The van der Waals surface area contributed by atoms with Crippen LogP contribution in [0.2, 0.25) is 0 Å². The fourth-order valence-electron chi connectivity index (χ4n) is 6.69. The van der Waals surface area contributed by atoms with E-state index >= 15 is 0 Å². The van der Waals surface area contributed by atoms with Gasteiger partial charge in [0, 0.05) is 57.2 Å². The Balaban J connectivity index is 1.28. The van der Waals surface area contributed by atoms with Crippen LogP contribution in [-0.4, -0.2) is 82.4 Å². The minimum atomic E-state index is -0.443. The molecule has 3 fully saturated rings. The van der Waals surface area contributed by atoms with Gasteiger partial charge >= 0.3 is 0 Å². The first-order valence-corrected chi connectivity index (χ1v) is 14.0. The van der Waals surface area contributed by atoms with Crippen molar-refractivity contribution < 1.29 is 19.0 Å². The van der Waals surface area contributed by atoms with Crippen molar-refractivity contribution >= 4 is 16.8 Å². The van der Waals surface area contributed by atoms with Crippen LogP contribution in [0, 0.1) is 24.6 Å². The second-order valence-electron chi connectivity index (χ2n) is 11.4. The molecule has 2 aromatic heterocycles. The van der Waals surface area contributed by atoms with E-state index in [2.05, 4.69) is 23.0 Å². The maximum Gasteiger partial charge on any atom is 0.256 e. The smallest absolute Gasteiger partial charge is 0.256 e. The van der Waals surface area contributed by atoms with Gasteiger partial charge in [0.1, 0.15) is 5.82 Å². The molecule has 5 heterocycles. The van der Waals surface area contributed by atoms with E-state index in [1.165, 1.54) is 23.1 Å². The number of ether oxygens (including phenoxy) is 1. The summed E-state index contributed by atoms with van der Waals surface area (Å²) in [4.78, 5) is 22.3. The number of benzene rings is 1. The van der Waals surface area contributed by atoms with E-state index in [0.29, 0.717) is 23.7 Å². The van der Waals surface area contributed by atoms with Crippen molar-refractivity contribution in [2.24, 2.45) is 11.8 Å². The van der Waals surface area contributed by atoms with E-state index in [9.17, 15) is 14.3 Å². The van der Waals surface area contributed by atoms with Gasteiger partial charge < -0.3 is 24.2 Å². The van der Waals surface area contributed by atoms with Crippen LogP contribution in [0.25, 0.3) is 16.6 Å². The molecule has 202 valence electrons. The average Bonchev–Trinajstić information content (AvgIpc) is 3.53. The summed E-state index contributed by atoms with van der Waals surface area (Å²) in [6.45, 7) is 7.72. The minimum absolute atomic E-state index is 0.0803. The molecule has 1 amide bonds. The molecule has 1 atom stereocenters. The Morgan fingerprint density at radius 3 is 2.76 bits per heavy atom. The summed E-state index contributed by atoms with van der Waals surface area (Å²) >= 11 is 0. The Bertz CT molecular complexity index is 1310. The Labute approximate surface area is 223 Å². The van der Waals surface area contributed by atoms with Crippen molar-refractivity contribution in [2.75, 3.05) is 46.0 Å². The number of amides is 1. The molecule has 3 aliphatic rings. The highest BCUT2D eigenvalue weighted by atomic mass is 19.1. The molecule has 3 aliphatic heterocycles. The van der Waals surface area contributed by atoms with E-state index in [4.69, 9.17) is 4.74 Å². The lowest BCUT2D eigenvalue weighted by molar-refractivity contribution is 0.0254. The van der Waals surface area contributed by atoms with Crippen molar-refractivity contribution in [3.8, 4) is 5.69 Å². The van der Waals surface area contributed by atoms with Crippen LogP contribution < -0.4 is 0 Å². The molecule has 3 aromatic rings. The van der Waals surface area contributed by atoms with Crippen LogP contribution in [0.15, 0.2) is 36.8 Å². The highest BCUT2D eigenvalue weighted by molar-refractivity contribution is 5.99. The zero-order chi connectivity index (χ0) is 26.2. The molecule has 6 rings (SSSR count). The fraction of sp³-hybridized carbons (Fsp3) is 0.533. The highest BCUT2D eigenvalue weighted by Gasteiger charge is 2.32. The van der Waals surface area contributed by atoms with E-state index in [-0.39, 0.29) is 18.6 Å². The number of hydrogen-bond acceptors (Lipinski definition) is 5. The number of rotatable bonds is 7. The predicted molar refractivity (Wildman–Crippen MR) is 144 cm³/mol. The van der Waals surface area contributed by atoms with Crippen LogP contribution in [-0.2, 0) is 11.2 Å². The number of fused-ring (bicyclic) bond motifs is 1. The van der Waals surface area contributed by atoms with Crippen molar-refractivity contribution in [1.82, 2.24) is 19.4 Å². The largest absolute Gasteiger partial charge is 0.394 e. The fourth-order valence-corrected chi connectivity index (χ4v) is 6.69. The number of pyridine rings is 1. The summed E-state index contributed by atoms with van der Waals surface area (Å²) in [6, 6.07) is 4.22. The second kappa shape index (κ2) is 10.8. The molecule has 7 nitrogen and oxygen atoms in total. The summed E-state index contributed by atoms with van der Waals surface area (Å²) in [5.41, 5.74) is 4.25. The van der Waals surface area contributed by atoms with Crippen molar-refractivity contribution in [2.45, 2.75) is 45.1 Å². The number of carbonyl (C=O) groups excluding carboxylic acids is 1. The zero-order valence-corrected chi connectivity index (χ0v) is 22.1. The first-order valence-electron chi connectivity index (χ1n) is 14.0. The van der Waals surface area contributed by atoms with Crippen molar-refractivity contribution in [3.63, 3.8) is 0 Å². The van der Waals surface area contributed by atoms with Crippen molar-refractivity contribution in [1.29, 1.82) is 0 Å². The van der Waals surface area contributed by atoms with Gasteiger partial charge in [0.25, 0.3) is 5.91 Å². The number of hydrogen-bond donors (Lipinski definition) is 1.